The van der Waals surface area contributed by atoms with Gasteiger partial charge in [0.05, 0.1) is 0 Å². The minimum atomic E-state index is -0.484. The fourth-order valence-electron chi connectivity index (χ4n) is 2.75. The first-order valence-corrected chi connectivity index (χ1v) is 7.70. The summed E-state index contributed by atoms with van der Waals surface area (Å²) in [6.45, 7) is 2.26. The molecule has 1 heterocycles. The van der Waals surface area contributed by atoms with E-state index < -0.39 is 5.60 Å². The summed E-state index contributed by atoms with van der Waals surface area (Å²) in [4.78, 5) is 12.4. The van der Waals surface area contributed by atoms with E-state index >= 15 is 0 Å². The minimum absolute atomic E-state index is 0.295. The number of rotatable bonds is 5. The summed E-state index contributed by atoms with van der Waals surface area (Å²) in [7, 11) is 1.69. The van der Waals surface area contributed by atoms with Crippen molar-refractivity contribution in [3.63, 3.8) is 0 Å². The van der Waals surface area contributed by atoms with E-state index in [0.29, 0.717) is 12.2 Å². The van der Waals surface area contributed by atoms with Gasteiger partial charge in [0.15, 0.2) is 5.78 Å². The van der Waals surface area contributed by atoms with Crippen LogP contribution in [0.2, 0.25) is 0 Å². The molecular weight excluding hydrogens is 244 g/mol. The predicted octanol–water partition coefficient (Wildman–Crippen LogP) is 3.85. The highest BCUT2D eigenvalue weighted by Gasteiger charge is 2.40. The van der Waals surface area contributed by atoms with Gasteiger partial charge in [0.2, 0.25) is 0 Å². The number of carbonyl (C=O) groups is 1. The number of methoxy groups -OCH3 is 1. The van der Waals surface area contributed by atoms with E-state index in [0.717, 1.165) is 38.0 Å². The topological polar surface area (TPSA) is 26.3 Å². The van der Waals surface area contributed by atoms with Crippen LogP contribution in [0.5, 0.6) is 0 Å². The van der Waals surface area contributed by atoms with Crippen molar-refractivity contribution >= 4 is 17.1 Å². The Morgan fingerprint density at radius 1 is 1.50 bits per heavy atom. The van der Waals surface area contributed by atoms with Gasteiger partial charge in [-0.15, -0.1) is 0 Å². The first kappa shape index (κ1) is 13.8. The summed E-state index contributed by atoms with van der Waals surface area (Å²) in [5, 5.41) is 4.18. The van der Waals surface area contributed by atoms with Crippen LogP contribution in [0.1, 0.15) is 44.6 Å². The number of hydrogen-bond acceptors (Lipinski definition) is 3. The second-order valence-electron chi connectivity index (χ2n) is 5.44. The van der Waals surface area contributed by atoms with Gasteiger partial charge in [-0.3, -0.25) is 4.79 Å². The molecule has 3 heteroatoms. The smallest absolute Gasteiger partial charge is 0.164 e. The molecule has 0 amide bonds. The summed E-state index contributed by atoms with van der Waals surface area (Å²) < 4.78 is 5.61. The average Bonchev–Trinajstić information content (AvgIpc) is 2.90. The molecule has 18 heavy (non-hydrogen) atoms. The lowest BCUT2D eigenvalue weighted by Gasteiger charge is -2.37. The molecule has 2 nitrogen and oxygen atoms in total. The van der Waals surface area contributed by atoms with Crippen LogP contribution in [-0.2, 0) is 16.0 Å². The van der Waals surface area contributed by atoms with Crippen molar-refractivity contribution in [2.45, 2.75) is 51.0 Å². The van der Waals surface area contributed by atoms with Gasteiger partial charge in [-0.2, -0.15) is 11.3 Å². The van der Waals surface area contributed by atoms with E-state index in [1.54, 1.807) is 18.4 Å². The average molecular weight is 266 g/mol. The molecule has 1 aliphatic rings. The first-order valence-electron chi connectivity index (χ1n) is 6.76. The normalized spacial score (nSPS) is 28.2. The lowest BCUT2D eigenvalue weighted by molar-refractivity contribution is -0.146. The summed E-state index contributed by atoms with van der Waals surface area (Å²) in [5.41, 5.74) is 0.784. The van der Waals surface area contributed by atoms with Crippen molar-refractivity contribution in [1.82, 2.24) is 0 Å². The molecule has 0 spiro atoms. The largest absolute Gasteiger partial charge is 0.370 e. The molecule has 0 radical (unpaired) electrons. The summed E-state index contributed by atoms with van der Waals surface area (Å²) in [6.07, 6.45) is 5.47. The number of ketones is 1. The Labute approximate surface area is 113 Å². The maximum Gasteiger partial charge on any atom is 0.164 e. The molecule has 0 aliphatic heterocycles. The lowest BCUT2D eigenvalue weighted by atomic mass is 9.76. The quantitative estimate of drug-likeness (QED) is 0.809. The van der Waals surface area contributed by atoms with Crippen molar-refractivity contribution in [3.8, 4) is 0 Å². The van der Waals surface area contributed by atoms with Crippen molar-refractivity contribution in [2.24, 2.45) is 5.92 Å². The van der Waals surface area contributed by atoms with Crippen molar-refractivity contribution in [1.29, 1.82) is 0 Å². The van der Waals surface area contributed by atoms with Gasteiger partial charge in [-0.25, -0.2) is 0 Å². The van der Waals surface area contributed by atoms with E-state index in [9.17, 15) is 4.79 Å². The highest BCUT2D eigenvalue weighted by molar-refractivity contribution is 7.07. The van der Waals surface area contributed by atoms with Crippen LogP contribution in [0, 0.1) is 5.92 Å². The third-order valence-electron chi connectivity index (χ3n) is 4.20. The zero-order chi connectivity index (χ0) is 13.0. The molecule has 1 fully saturated rings. The zero-order valence-electron chi connectivity index (χ0n) is 11.3. The molecule has 0 bridgehead atoms. The first-order chi connectivity index (χ1) is 8.66. The molecule has 0 N–H and O–H groups in total. The van der Waals surface area contributed by atoms with Crippen molar-refractivity contribution < 1.29 is 9.53 Å². The van der Waals surface area contributed by atoms with Crippen LogP contribution in [0.25, 0.3) is 0 Å². The molecule has 2 rings (SSSR count). The van der Waals surface area contributed by atoms with E-state index in [1.165, 1.54) is 5.56 Å². The Morgan fingerprint density at radius 3 is 2.78 bits per heavy atom. The van der Waals surface area contributed by atoms with Crippen molar-refractivity contribution in [3.05, 3.63) is 22.4 Å². The van der Waals surface area contributed by atoms with Gasteiger partial charge in [-0.1, -0.05) is 6.92 Å². The third-order valence-corrected chi connectivity index (χ3v) is 4.93. The number of hydrogen-bond donors (Lipinski definition) is 0. The zero-order valence-corrected chi connectivity index (χ0v) is 12.1. The highest BCUT2D eigenvalue weighted by Crippen LogP contribution is 2.36. The molecule has 0 unspecified atom stereocenters. The van der Waals surface area contributed by atoms with Crippen LogP contribution in [-0.4, -0.2) is 18.5 Å². The maximum absolute atomic E-state index is 12.4. The van der Waals surface area contributed by atoms with E-state index in [4.69, 9.17) is 4.74 Å². The highest BCUT2D eigenvalue weighted by atomic mass is 32.1. The van der Waals surface area contributed by atoms with Gasteiger partial charge < -0.3 is 4.74 Å². The van der Waals surface area contributed by atoms with Gasteiger partial charge in [0.1, 0.15) is 5.60 Å². The molecule has 0 atom stereocenters. The predicted molar refractivity (Wildman–Crippen MR) is 75.0 cm³/mol. The molecule has 1 aromatic rings. The maximum atomic E-state index is 12.4. The van der Waals surface area contributed by atoms with Gasteiger partial charge >= 0.3 is 0 Å². The molecule has 1 aromatic heterocycles. The third kappa shape index (κ3) is 3.01. The number of ether oxygens (including phenoxy) is 1. The van der Waals surface area contributed by atoms with Crippen LogP contribution >= 0.6 is 11.3 Å². The van der Waals surface area contributed by atoms with Gasteiger partial charge in [0, 0.05) is 13.5 Å². The van der Waals surface area contributed by atoms with E-state index in [-0.39, 0.29) is 0 Å². The number of carbonyl (C=O) groups excluding carboxylic acids is 1. The molecule has 100 valence electrons. The van der Waals surface area contributed by atoms with Crippen LogP contribution in [0.3, 0.4) is 0 Å². The fourth-order valence-corrected chi connectivity index (χ4v) is 3.45. The molecule has 0 aromatic carbocycles. The molecule has 1 saturated carbocycles. The van der Waals surface area contributed by atoms with Crippen LogP contribution in [0.4, 0.5) is 0 Å². The number of aryl methyl sites for hydroxylation is 1. The standard InChI is InChI=1S/C15H22O2S/c1-12-5-8-15(17-2,9-6-12)14(16)4-3-13-7-10-18-11-13/h7,10-12H,3-6,8-9H2,1-2H3. The SMILES string of the molecule is COC1(C(=O)CCc2ccsc2)CCC(C)CC1. The second kappa shape index (κ2) is 5.98. The van der Waals surface area contributed by atoms with Gasteiger partial charge in [-0.05, 0) is 60.4 Å². The molecule has 1 aliphatic carbocycles. The Bertz CT molecular complexity index is 375. The number of thiophene rings is 1. The minimum Gasteiger partial charge on any atom is -0.370 e. The summed E-state index contributed by atoms with van der Waals surface area (Å²) >= 11 is 1.69. The molecular formula is C15H22O2S. The van der Waals surface area contributed by atoms with Gasteiger partial charge in [0.25, 0.3) is 0 Å². The summed E-state index contributed by atoms with van der Waals surface area (Å²) in [5.74, 6) is 1.03. The lowest BCUT2D eigenvalue weighted by Crippen LogP contribution is -2.44. The Hall–Kier alpha value is -0.670. The monoisotopic (exact) mass is 266 g/mol. The van der Waals surface area contributed by atoms with E-state index in [1.807, 2.05) is 0 Å². The van der Waals surface area contributed by atoms with Crippen molar-refractivity contribution in [2.75, 3.05) is 7.11 Å². The Kier molecular flexibility index (Phi) is 4.57. The number of Topliss-reactive ketones (excluding diaryl/α,β-unsaturated/α-hetero) is 1. The van der Waals surface area contributed by atoms with E-state index in [2.05, 4.69) is 23.8 Å². The summed E-state index contributed by atoms with van der Waals surface area (Å²) in [6, 6.07) is 2.10. The van der Waals surface area contributed by atoms with Crippen LogP contribution < -0.4 is 0 Å². The fraction of sp³-hybridized carbons (Fsp3) is 0.667. The Morgan fingerprint density at radius 2 is 2.22 bits per heavy atom. The molecule has 0 saturated heterocycles. The Balaban J connectivity index is 1.93. The second-order valence-corrected chi connectivity index (χ2v) is 6.22. The van der Waals surface area contributed by atoms with Crippen LogP contribution in [0.15, 0.2) is 16.8 Å².